The molecule has 0 saturated carbocycles. The maximum absolute atomic E-state index is 13.4. The summed E-state index contributed by atoms with van der Waals surface area (Å²) in [4.78, 5) is 8.88. The van der Waals surface area contributed by atoms with Crippen molar-refractivity contribution in [3.63, 3.8) is 0 Å². The summed E-state index contributed by atoms with van der Waals surface area (Å²) >= 11 is 5.87. The first-order chi connectivity index (χ1) is 12.0. The van der Waals surface area contributed by atoms with E-state index in [2.05, 4.69) is 9.97 Å². The molecule has 0 unspecified atom stereocenters. The number of aromatic nitrogens is 3. The average molecular weight is 401 g/mol. The van der Waals surface area contributed by atoms with Crippen LogP contribution in [-0.2, 0) is 12.7 Å². The van der Waals surface area contributed by atoms with Gasteiger partial charge in [-0.3, -0.25) is 4.90 Å². The molecule has 0 radical (unpaired) electrons. The topological polar surface area (TPSA) is 34.0 Å². The third-order valence-corrected chi connectivity index (χ3v) is 4.78. The van der Waals surface area contributed by atoms with E-state index >= 15 is 0 Å². The summed E-state index contributed by atoms with van der Waals surface area (Å²) in [5, 5.41) is 0.0373. The lowest BCUT2D eigenvalue weighted by atomic mass is 9.96. The number of alkyl halides is 6. The minimum absolute atomic E-state index is 0.0194. The van der Waals surface area contributed by atoms with Crippen LogP contribution < -0.4 is 0 Å². The van der Waals surface area contributed by atoms with E-state index in [9.17, 15) is 26.3 Å². The molecule has 0 aromatic carbocycles. The Bertz CT molecular complexity index is 777. The molecule has 0 bridgehead atoms. The molecule has 0 amide bonds. The van der Waals surface area contributed by atoms with Gasteiger partial charge in [0.25, 0.3) is 0 Å². The average Bonchev–Trinajstić information content (AvgIpc) is 2.88. The SMILES string of the molecule is FC(F)(F)CN1CCC(Cn2c(C(F)(F)F)cc3c(Cl)ncnc32)CC1. The summed E-state index contributed by atoms with van der Waals surface area (Å²) in [6.07, 6.45) is -7.02. The minimum Gasteiger partial charge on any atom is -0.321 e. The van der Waals surface area contributed by atoms with Crippen molar-refractivity contribution in [2.45, 2.75) is 31.7 Å². The zero-order chi connectivity index (χ0) is 19.1. The fourth-order valence-electron chi connectivity index (χ4n) is 3.29. The standard InChI is InChI=1S/C15H15ClF6N4/c16-12-10-5-11(15(20,21)22)26(13(10)24-8-23-12)6-9-1-3-25(4-2-9)7-14(17,18)19/h5,8-9H,1-4,6-7H2. The summed E-state index contributed by atoms with van der Waals surface area (Å²) in [6, 6.07) is 0.913. The van der Waals surface area contributed by atoms with Gasteiger partial charge in [0.1, 0.15) is 22.8 Å². The zero-order valence-electron chi connectivity index (χ0n) is 13.4. The Hall–Kier alpha value is -1.55. The van der Waals surface area contributed by atoms with Crippen molar-refractivity contribution < 1.29 is 26.3 Å². The Morgan fingerprint density at radius 1 is 1.08 bits per heavy atom. The maximum Gasteiger partial charge on any atom is 0.431 e. The van der Waals surface area contributed by atoms with Crippen molar-refractivity contribution in [1.82, 2.24) is 19.4 Å². The van der Waals surface area contributed by atoms with Gasteiger partial charge in [0, 0.05) is 6.54 Å². The lowest BCUT2D eigenvalue weighted by molar-refractivity contribution is -0.149. The second-order valence-electron chi connectivity index (χ2n) is 6.37. The molecular formula is C15H15ClF6N4. The van der Waals surface area contributed by atoms with Crippen molar-refractivity contribution in [3.8, 4) is 0 Å². The van der Waals surface area contributed by atoms with E-state index in [0.717, 1.165) is 17.0 Å². The van der Waals surface area contributed by atoms with E-state index in [4.69, 9.17) is 11.6 Å². The smallest absolute Gasteiger partial charge is 0.321 e. The van der Waals surface area contributed by atoms with Crippen molar-refractivity contribution >= 4 is 22.6 Å². The van der Waals surface area contributed by atoms with Gasteiger partial charge < -0.3 is 4.57 Å². The van der Waals surface area contributed by atoms with Crippen molar-refractivity contribution in [3.05, 3.63) is 23.2 Å². The van der Waals surface area contributed by atoms with Crippen molar-refractivity contribution in [1.29, 1.82) is 0 Å². The van der Waals surface area contributed by atoms with Crippen LogP contribution in [0.1, 0.15) is 18.5 Å². The summed E-state index contributed by atoms with van der Waals surface area (Å²) < 4.78 is 78.5. The van der Waals surface area contributed by atoms with Crippen LogP contribution in [0.15, 0.2) is 12.4 Å². The van der Waals surface area contributed by atoms with E-state index in [0.29, 0.717) is 12.8 Å². The highest BCUT2D eigenvalue weighted by Crippen LogP contribution is 2.36. The van der Waals surface area contributed by atoms with Crippen LogP contribution in [-0.4, -0.2) is 45.2 Å². The Morgan fingerprint density at radius 3 is 2.31 bits per heavy atom. The molecule has 2 aromatic rings. The third-order valence-electron chi connectivity index (χ3n) is 4.48. The summed E-state index contributed by atoms with van der Waals surface area (Å²) in [5.74, 6) is -0.176. The molecule has 3 rings (SSSR count). The Kier molecular flexibility index (Phi) is 5.08. The van der Waals surface area contributed by atoms with Gasteiger partial charge in [-0.2, -0.15) is 26.3 Å². The minimum atomic E-state index is -4.60. The molecule has 0 atom stereocenters. The number of halogens is 7. The molecule has 26 heavy (non-hydrogen) atoms. The first kappa shape index (κ1) is 19.2. The van der Waals surface area contributed by atoms with Crippen molar-refractivity contribution in [2.75, 3.05) is 19.6 Å². The lowest BCUT2D eigenvalue weighted by Crippen LogP contribution is -2.40. The molecule has 0 spiro atoms. The number of piperidine rings is 1. The van der Waals surface area contributed by atoms with Crippen LogP contribution in [0, 0.1) is 5.92 Å². The van der Waals surface area contributed by atoms with Crippen LogP contribution in [0.3, 0.4) is 0 Å². The van der Waals surface area contributed by atoms with E-state index in [1.165, 1.54) is 4.90 Å². The fraction of sp³-hybridized carbons (Fsp3) is 0.600. The number of likely N-dealkylation sites (tertiary alicyclic amines) is 1. The van der Waals surface area contributed by atoms with Gasteiger partial charge in [-0.25, -0.2) is 9.97 Å². The lowest BCUT2D eigenvalue weighted by Gasteiger charge is -2.32. The number of hydrogen-bond acceptors (Lipinski definition) is 3. The predicted octanol–water partition coefficient (Wildman–Crippen LogP) is 4.38. The van der Waals surface area contributed by atoms with E-state index in [1.54, 1.807) is 0 Å². The fourth-order valence-corrected chi connectivity index (χ4v) is 3.47. The van der Waals surface area contributed by atoms with Gasteiger partial charge >= 0.3 is 12.4 Å². The normalized spacial score (nSPS) is 18.0. The number of hydrogen-bond donors (Lipinski definition) is 0. The van der Waals surface area contributed by atoms with Crippen molar-refractivity contribution in [2.24, 2.45) is 5.92 Å². The predicted molar refractivity (Wildman–Crippen MR) is 82.8 cm³/mol. The highest BCUT2D eigenvalue weighted by molar-refractivity contribution is 6.33. The van der Waals surface area contributed by atoms with Crippen LogP contribution >= 0.6 is 11.6 Å². The van der Waals surface area contributed by atoms with Gasteiger partial charge in [0.05, 0.1) is 11.9 Å². The van der Waals surface area contributed by atoms with Gasteiger partial charge in [-0.05, 0) is 37.9 Å². The quantitative estimate of drug-likeness (QED) is 0.566. The largest absolute Gasteiger partial charge is 0.431 e. The summed E-state index contributed by atoms with van der Waals surface area (Å²) in [6.45, 7) is -0.588. The molecular weight excluding hydrogens is 386 g/mol. The number of rotatable bonds is 3. The molecule has 2 aromatic heterocycles. The van der Waals surface area contributed by atoms with Crippen LogP contribution in [0.4, 0.5) is 26.3 Å². The summed E-state index contributed by atoms with van der Waals surface area (Å²) in [7, 11) is 0. The molecule has 11 heteroatoms. The monoisotopic (exact) mass is 400 g/mol. The molecule has 144 valence electrons. The highest BCUT2D eigenvalue weighted by atomic mass is 35.5. The zero-order valence-corrected chi connectivity index (χ0v) is 14.2. The molecule has 1 saturated heterocycles. The molecule has 0 N–H and O–H groups in total. The third kappa shape index (κ3) is 4.22. The maximum atomic E-state index is 13.4. The van der Waals surface area contributed by atoms with E-state index in [1.807, 2.05) is 0 Å². The van der Waals surface area contributed by atoms with Gasteiger partial charge in [-0.15, -0.1) is 0 Å². The molecule has 1 fully saturated rings. The van der Waals surface area contributed by atoms with E-state index < -0.39 is 24.6 Å². The van der Waals surface area contributed by atoms with Crippen LogP contribution in [0.2, 0.25) is 5.15 Å². The Balaban J connectivity index is 1.80. The first-order valence-corrected chi connectivity index (χ1v) is 8.28. The number of nitrogens with zero attached hydrogens (tertiary/aromatic N) is 4. The summed E-state index contributed by atoms with van der Waals surface area (Å²) in [5.41, 5.74) is -0.803. The van der Waals surface area contributed by atoms with E-state index in [-0.39, 0.29) is 41.7 Å². The van der Waals surface area contributed by atoms with Gasteiger partial charge in [-0.1, -0.05) is 11.6 Å². The van der Waals surface area contributed by atoms with Gasteiger partial charge in [0.15, 0.2) is 0 Å². The Labute approximate surface area is 149 Å². The van der Waals surface area contributed by atoms with Crippen LogP contribution in [0.5, 0.6) is 0 Å². The molecule has 4 nitrogen and oxygen atoms in total. The molecule has 0 aliphatic carbocycles. The Morgan fingerprint density at radius 2 is 1.73 bits per heavy atom. The highest BCUT2D eigenvalue weighted by Gasteiger charge is 2.37. The second-order valence-corrected chi connectivity index (χ2v) is 6.73. The first-order valence-electron chi connectivity index (χ1n) is 7.90. The molecule has 1 aliphatic heterocycles. The second kappa shape index (κ2) is 6.88. The van der Waals surface area contributed by atoms with Crippen LogP contribution in [0.25, 0.3) is 11.0 Å². The number of fused-ring (bicyclic) bond motifs is 1. The molecule has 3 heterocycles. The molecule has 1 aliphatic rings. The van der Waals surface area contributed by atoms with Gasteiger partial charge in [0.2, 0.25) is 0 Å².